The Morgan fingerprint density at radius 2 is 1.68 bits per heavy atom. The van der Waals surface area contributed by atoms with Gasteiger partial charge < -0.3 is 16.2 Å². The van der Waals surface area contributed by atoms with Crippen LogP contribution in [0.1, 0.15) is 21.5 Å². The van der Waals surface area contributed by atoms with Gasteiger partial charge in [-0.15, -0.1) is 0 Å². The number of rotatable bonds is 6. The molecule has 2 aromatic carbocycles. The Hall–Kier alpha value is -3.93. The number of hydrogen-bond donors (Lipinski definition) is 4. The first-order valence-electron chi connectivity index (χ1n) is 8.67. The number of aromatic hydroxyl groups is 1. The number of hydrogen-bond acceptors (Lipinski definition) is 4. The van der Waals surface area contributed by atoms with Crippen molar-refractivity contribution in [2.24, 2.45) is 5.73 Å². The third-order valence-electron chi connectivity index (χ3n) is 4.18. The van der Waals surface area contributed by atoms with E-state index in [1.165, 1.54) is 6.07 Å². The van der Waals surface area contributed by atoms with Crippen molar-refractivity contribution in [2.45, 2.75) is 0 Å². The molecule has 0 bridgehead atoms. The predicted octanol–water partition coefficient (Wildman–Crippen LogP) is 3.18. The standard InChI is InChI=1S/C22H20N4O2/c23-21(24)19-7-8-20(27)18(14-19)2-1-11-26-22(28)17-5-3-15(4-6-17)16-9-12-25-13-10-16/h1-10,12-14,27H,11H2,(H3,23,24)(H,26,28)/b2-1+. The molecule has 0 saturated carbocycles. The van der Waals surface area contributed by atoms with Crippen LogP contribution in [0.2, 0.25) is 0 Å². The summed E-state index contributed by atoms with van der Waals surface area (Å²) >= 11 is 0. The number of benzene rings is 2. The number of nitrogens with zero attached hydrogens (tertiary/aromatic N) is 1. The van der Waals surface area contributed by atoms with Gasteiger partial charge in [-0.25, -0.2) is 0 Å². The highest BCUT2D eigenvalue weighted by molar-refractivity contribution is 5.96. The number of phenols is 1. The van der Waals surface area contributed by atoms with E-state index in [0.717, 1.165) is 11.1 Å². The van der Waals surface area contributed by atoms with Crippen molar-refractivity contribution in [3.05, 3.63) is 89.8 Å². The molecule has 6 heteroatoms. The Kier molecular flexibility index (Phi) is 5.81. The lowest BCUT2D eigenvalue weighted by Crippen LogP contribution is -2.23. The topological polar surface area (TPSA) is 112 Å². The molecule has 0 unspecified atom stereocenters. The van der Waals surface area contributed by atoms with Crippen LogP contribution in [0.25, 0.3) is 17.2 Å². The Morgan fingerprint density at radius 3 is 2.36 bits per heavy atom. The number of amidine groups is 1. The maximum absolute atomic E-state index is 12.3. The maximum atomic E-state index is 12.3. The SMILES string of the molecule is N=C(N)c1ccc(O)c(/C=C/CNC(=O)c2ccc(-c3ccncc3)cc2)c1. The molecule has 0 spiro atoms. The van der Waals surface area contributed by atoms with Crippen LogP contribution in [-0.4, -0.2) is 28.4 Å². The lowest BCUT2D eigenvalue weighted by Gasteiger charge is -2.05. The van der Waals surface area contributed by atoms with Gasteiger partial charge in [0, 0.05) is 35.6 Å². The molecule has 0 radical (unpaired) electrons. The Morgan fingerprint density at radius 1 is 1.04 bits per heavy atom. The molecule has 3 rings (SSSR count). The number of nitrogens with one attached hydrogen (secondary N) is 2. The second kappa shape index (κ2) is 8.64. The molecular formula is C22H20N4O2. The Bertz CT molecular complexity index is 1010. The molecule has 0 fully saturated rings. The van der Waals surface area contributed by atoms with Crippen molar-refractivity contribution in [1.29, 1.82) is 5.41 Å². The third kappa shape index (κ3) is 4.62. The van der Waals surface area contributed by atoms with E-state index < -0.39 is 0 Å². The fourth-order valence-corrected chi connectivity index (χ4v) is 2.65. The second-order valence-electron chi connectivity index (χ2n) is 6.11. The quantitative estimate of drug-likeness (QED) is 0.393. The average molecular weight is 372 g/mol. The van der Waals surface area contributed by atoms with E-state index in [0.29, 0.717) is 23.2 Å². The molecule has 5 N–H and O–H groups in total. The minimum atomic E-state index is -0.187. The van der Waals surface area contributed by atoms with E-state index in [1.54, 1.807) is 48.8 Å². The average Bonchev–Trinajstić information content (AvgIpc) is 2.72. The van der Waals surface area contributed by atoms with Crippen LogP contribution in [0.15, 0.2) is 73.1 Å². The molecule has 3 aromatic rings. The summed E-state index contributed by atoms with van der Waals surface area (Å²) in [6.45, 7) is 0.300. The zero-order valence-electron chi connectivity index (χ0n) is 15.1. The number of nitrogen functional groups attached to an aromatic ring is 1. The predicted molar refractivity (Wildman–Crippen MR) is 110 cm³/mol. The van der Waals surface area contributed by atoms with E-state index in [9.17, 15) is 9.90 Å². The molecule has 0 aliphatic rings. The van der Waals surface area contributed by atoms with Crippen molar-refractivity contribution in [1.82, 2.24) is 10.3 Å². The van der Waals surface area contributed by atoms with Crippen LogP contribution in [-0.2, 0) is 0 Å². The van der Waals surface area contributed by atoms with Gasteiger partial charge in [-0.05, 0) is 53.6 Å². The van der Waals surface area contributed by atoms with Crippen molar-refractivity contribution in [3.63, 3.8) is 0 Å². The highest BCUT2D eigenvalue weighted by Crippen LogP contribution is 2.20. The monoisotopic (exact) mass is 372 g/mol. The summed E-state index contributed by atoms with van der Waals surface area (Å²) in [7, 11) is 0. The van der Waals surface area contributed by atoms with Crippen molar-refractivity contribution in [3.8, 4) is 16.9 Å². The first-order valence-corrected chi connectivity index (χ1v) is 8.67. The van der Waals surface area contributed by atoms with Gasteiger partial charge in [-0.1, -0.05) is 24.3 Å². The van der Waals surface area contributed by atoms with Crippen LogP contribution >= 0.6 is 0 Å². The molecule has 140 valence electrons. The summed E-state index contributed by atoms with van der Waals surface area (Å²) in [6, 6.07) is 15.8. The second-order valence-corrected chi connectivity index (χ2v) is 6.11. The summed E-state index contributed by atoms with van der Waals surface area (Å²) in [4.78, 5) is 16.3. The van der Waals surface area contributed by atoms with Gasteiger partial charge in [0.05, 0.1) is 0 Å². The largest absolute Gasteiger partial charge is 0.507 e. The molecule has 0 atom stereocenters. The number of aromatic nitrogens is 1. The Labute approximate surface area is 162 Å². The van der Waals surface area contributed by atoms with Gasteiger partial charge in [0.1, 0.15) is 11.6 Å². The number of carbonyl (C=O) groups is 1. The fourth-order valence-electron chi connectivity index (χ4n) is 2.65. The van der Waals surface area contributed by atoms with Gasteiger partial charge in [0.25, 0.3) is 5.91 Å². The van der Waals surface area contributed by atoms with Crippen LogP contribution in [0, 0.1) is 5.41 Å². The molecule has 1 amide bonds. The number of carbonyl (C=O) groups excluding carboxylic acids is 1. The van der Waals surface area contributed by atoms with E-state index >= 15 is 0 Å². The molecule has 0 saturated heterocycles. The molecule has 28 heavy (non-hydrogen) atoms. The van der Waals surface area contributed by atoms with Gasteiger partial charge in [-0.3, -0.25) is 15.2 Å². The van der Waals surface area contributed by atoms with E-state index in [4.69, 9.17) is 11.1 Å². The highest BCUT2D eigenvalue weighted by atomic mass is 16.3. The summed E-state index contributed by atoms with van der Waals surface area (Å²) in [5, 5.41) is 20.1. The number of amides is 1. The minimum Gasteiger partial charge on any atom is -0.507 e. The van der Waals surface area contributed by atoms with Crippen LogP contribution in [0.4, 0.5) is 0 Å². The summed E-state index contributed by atoms with van der Waals surface area (Å²) in [5.41, 5.74) is 9.13. The lowest BCUT2D eigenvalue weighted by atomic mass is 10.0. The molecule has 6 nitrogen and oxygen atoms in total. The zero-order valence-corrected chi connectivity index (χ0v) is 15.1. The first-order chi connectivity index (χ1) is 13.5. The third-order valence-corrected chi connectivity index (χ3v) is 4.18. The van der Waals surface area contributed by atoms with E-state index in [1.807, 2.05) is 24.3 Å². The molecule has 0 aliphatic heterocycles. The van der Waals surface area contributed by atoms with Crippen molar-refractivity contribution < 1.29 is 9.90 Å². The van der Waals surface area contributed by atoms with Gasteiger partial charge in [-0.2, -0.15) is 0 Å². The van der Waals surface area contributed by atoms with Crippen molar-refractivity contribution >= 4 is 17.8 Å². The van der Waals surface area contributed by atoms with E-state index in [-0.39, 0.29) is 17.5 Å². The highest BCUT2D eigenvalue weighted by Gasteiger charge is 2.05. The van der Waals surface area contributed by atoms with E-state index in [2.05, 4.69) is 10.3 Å². The smallest absolute Gasteiger partial charge is 0.251 e. The zero-order chi connectivity index (χ0) is 19.9. The molecular weight excluding hydrogens is 352 g/mol. The molecule has 0 aliphatic carbocycles. The number of pyridine rings is 1. The maximum Gasteiger partial charge on any atom is 0.251 e. The normalized spacial score (nSPS) is 10.7. The summed E-state index contributed by atoms with van der Waals surface area (Å²) in [6.07, 6.45) is 6.86. The first kappa shape index (κ1) is 18.8. The van der Waals surface area contributed by atoms with Gasteiger partial charge in [0.15, 0.2) is 0 Å². The minimum absolute atomic E-state index is 0.0711. The number of nitrogens with two attached hydrogens (primary N) is 1. The van der Waals surface area contributed by atoms with Crippen LogP contribution in [0.3, 0.4) is 0 Å². The van der Waals surface area contributed by atoms with Crippen LogP contribution in [0.5, 0.6) is 5.75 Å². The van der Waals surface area contributed by atoms with Gasteiger partial charge >= 0.3 is 0 Å². The summed E-state index contributed by atoms with van der Waals surface area (Å²) in [5.74, 6) is -0.176. The lowest BCUT2D eigenvalue weighted by molar-refractivity contribution is 0.0958. The number of phenolic OH excluding ortho intramolecular Hbond substituents is 1. The Balaban J connectivity index is 1.59. The van der Waals surface area contributed by atoms with Crippen molar-refractivity contribution in [2.75, 3.05) is 6.54 Å². The van der Waals surface area contributed by atoms with Gasteiger partial charge in [0.2, 0.25) is 0 Å². The fraction of sp³-hybridized carbons (Fsp3) is 0.0455. The summed E-state index contributed by atoms with van der Waals surface area (Å²) < 4.78 is 0. The van der Waals surface area contributed by atoms with Crippen LogP contribution < -0.4 is 11.1 Å². The molecule has 1 heterocycles. The molecule has 1 aromatic heterocycles.